The lowest BCUT2D eigenvalue weighted by molar-refractivity contribution is -0.131. The Balaban J connectivity index is 2.74. The van der Waals surface area contributed by atoms with Crippen LogP contribution in [0.5, 0.6) is 5.75 Å². The van der Waals surface area contributed by atoms with E-state index in [0.717, 1.165) is 0 Å². The van der Waals surface area contributed by atoms with Gasteiger partial charge in [-0.2, -0.15) is 0 Å². The van der Waals surface area contributed by atoms with Crippen molar-refractivity contribution in [2.24, 2.45) is 0 Å². The molecule has 0 unspecified atom stereocenters. The summed E-state index contributed by atoms with van der Waals surface area (Å²) in [7, 11) is 1.51. The van der Waals surface area contributed by atoms with Crippen LogP contribution in [0.3, 0.4) is 0 Å². The highest BCUT2D eigenvalue weighted by Gasteiger charge is 2.20. The van der Waals surface area contributed by atoms with E-state index < -0.39 is 5.91 Å². The van der Waals surface area contributed by atoms with Crippen molar-refractivity contribution in [1.29, 1.82) is 0 Å². The summed E-state index contributed by atoms with van der Waals surface area (Å²) >= 11 is 0. The highest BCUT2D eigenvalue weighted by Crippen LogP contribution is 2.14. The summed E-state index contributed by atoms with van der Waals surface area (Å²) in [5, 5.41) is 9.56. The summed E-state index contributed by atoms with van der Waals surface area (Å²) in [6.07, 6.45) is 1.42. The average molecular weight is 265 g/mol. The zero-order valence-corrected chi connectivity index (χ0v) is 11.5. The van der Waals surface area contributed by atoms with Crippen LogP contribution in [0.4, 0.5) is 0 Å². The third-order valence-electron chi connectivity index (χ3n) is 2.82. The Bertz CT molecular complexity index is 458. The molecule has 0 aliphatic heterocycles. The van der Waals surface area contributed by atoms with Crippen LogP contribution in [0.2, 0.25) is 0 Å². The van der Waals surface area contributed by atoms with Gasteiger partial charge in [-0.15, -0.1) is 0 Å². The highest BCUT2D eigenvalue weighted by molar-refractivity contribution is 5.96. The Morgan fingerprint density at radius 3 is 2.47 bits per heavy atom. The maximum atomic E-state index is 12.0. The molecule has 0 saturated carbocycles. The molecule has 0 aliphatic rings. The van der Waals surface area contributed by atoms with E-state index in [0.29, 0.717) is 13.1 Å². The first-order chi connectivity index (χ1) is 9.01. The van der Waals surface area contributed by atoms with E-state index in [2.05, 4.69) is 4.98 Å². The number of carbonyl (C=O) groups is 2. The first-order valence-corrected chi connectivity index (χ1v) is 6.18. The number of carbonyl (C=O) groups excluding carboxylic acids is 2. The number of hydrogen-bond acceptors (Lipinski definition) is 4. The van der Waals surface area contributed by atoms with Gasteiger partial charge in [0.1, 0.15) is 5.75 Å². The van der Waals surface area contributed by atoms with Crippen molar-refractivity contribution in [2.75, 3.05) is 26.7 Å². The van der Waals surface area contributed by atoms with E-state index in [4.69, 9.17) is 0 Å². The van der Waals surface area contributed by atoms with Crippen molar-refractivity contribution >= 4 is 11.8 Å². The smallest absolute Gasteiger partial charge is 0.276 e. The van der Waals surface area contributed by atoms with E-state index in [-0.39, 0.29) is 23.9 Å². The molecule has 0 aromatic carbocycles. The second-order valence-corrected chi connectivity index (χ2v) is 4.10. The largest absolute Gasteiger partial charge is 0.505 e. The molecule has 0 bridgehead atoms. The number of likely N-dealkylation sites (N-methyl/N-ethyl adjacent to an activating group) is 2. The van der Waals surface area contributed by atoms with Crippen molar-refractivity contribution in [3.63, 3.8) is 0 Å². The molecule has 1 rings (SSSR count). The molecule has 1 aromatic heterocycles. The number of pyridine rings is 1. The lowest BCUT2D eigenvalue weighted by Crippen LogP contribution is -2.41. The van der Waals surface area contributed by atoms with Crippen LogP contribution in [0.1, 0.15) is 24.3 Å². The van der Waals surface area contributed by atoms with Gasteiger partial charge in [-0.05, 0) is 26.0 Å². The van der Waals surface area contributed by atoms with Gasteiger partial charge in [-0.3, -0.25) is 9.59 Å². The molecule has 1 aromatic rings. The van der Waals surface area contributed by atoms with Crippen molar-refractivity contribution in [1.82, 2.24) is 14.8 Å². The minimum atomic E-state index is -0.474. The number of aromatic nitrogens is 1. The van der Waals surface area contributed by atoms with Crippen LogP contribution in [-0.2, 0) is 4.79 Å². The van der Waals surface area contributed by atoms with Crippen LogP contribution in [0.25, 0.3) is 0 Å². The first-order valence-electron chi connectivity index (χ1n) is 6.18. The standard InChI is InChI=1S/C13H19N3O3/c1-4-16(5-2)11(18)9-15(3)13(19)12-10(17)7-6-8-14-12/h6-8,17H,4-5,9H2,1-3H3. The normalized spacial score (nSPS) is 10.1. The van der Waals surface area contributed by atoms with Crippen molar-refractivity contribution in [3.8, 4) is 5.75 Å². The van der Waals surface area contributed by atoms with Gasteiger partial charge in [0.25, 0.3) is 5.91 Å². The Labute approximate surface area is 112 Å². The molecule has 2 amide bonds. The monoisotopic (exact) mass is 265 g/mol. The van der Waals surface area contributed by atoms with Crippen LogP contribution in [-0.4, -0.2) is 58.4 Å². The third-order valence-corrected chi connectivity index (χ3v) is 2.82. The molecule has 1 heterocycles. The van der Waals surface area contributed by atoms with Crippen LogP contribution < -0.4 is 0 Å². The Morgan fingerprint density at radius 1 is 1.32 bits per heavy atom. The van der Waals surface area contributed by atoms with Gasteiger partial charge in [-0.1, -0.05) is 0 Å². The topological polar surface area (TPSA) is 73.7 Å². The molecular weight excluding hydrogens is 246 g/mol. The van der Waals surface area contributed by atoms with Crippen molar-refractivity contribution in [3.05, 3.63) is 24.0 Å². The quantitative estimate of drug-likeness (QED) is 0.851. The molecule has 6 nitrogen and oxygen atoms in total. The molecular formula is C13H19N3O3. The van der Waals surface area contributed by atoms with Gasteiger partial charge >= 0.3 is 0 Å². The lowest BCUT2D eigenvalue weighted by Gasteiger charge is -2.23. The first kappa shape index (κ1) is 14.9. The average Bonchev–Trinajstić information content (AvgIpc) is 2.39. The van der Waals surface area contributed by atoms with Crippen LogP contribution >= 0.6 is 0 Å². The zero-order valence-electron chi connectivity index (χ0n) is 11.5. The van der Waals surface area contributed by atoms with Crippen molar-refractivity contribution in [2.45, 2.75) is 13.8 Å². The predicted octanol–water partition coefficient (Wildman–Crippen LogP) is 0.728. The van der Waals surface area contributed by atoms with E-state index in [1.165, 1.54) is 30.3 Å². The summed E-state index contributed by atoms with van der Waals surface area (Å²) in [5.74, 6) is -0.787. The number of hydrogen-bond donors (Lipinski definition) is 1. The fourth-order valence-corrected chi connectivity index (χ4v) is 1.69. The van der Waals surface area contributed by atoms with Gasteiger partial charge in [-0.25, -0.2) is 4.98 Å². The zero-order chi connectivity index (χ0) is 14.4. The number of amides is 2. The molecule has 1 N–H and O–H groups in total. The molecule has 6 heteroatoms. The SMILES string of the molecule is CCN(CC)C(=O)CN(C)C(=O)c1ncccc1O. The minimum Gasteiger partial charge on any atom is -0.505 e. The van der Waals surface area contributed by atoms with E-state index in [1.54, 1.807) is 4.90 Å². The lowest BCUT2D eigenvalue weighted by atomic mass is 10.3. The Hall–Kier alpha value is -2.11. The maximum absolute atomic E-state index is 12.0. The minimum absolute atomic E-state index is 0.0312. The molecule has 0 spiro atoms. The van der Waals surface area contributed by atoms with Gasteiger partial charge in [0, 0.05) is 26.3 Å². The number of aromatic hydroxyl groups is 1. The molecule has 0 fully saturated rings. The highest BCUT2D eigenvalue weighted by atomic mass is 16.3. The second-order valence-electron chi connectivity index (χ2n) is 4.10. The predicted molar refractivity (Wildman–Crippen MR) is 70.8 cm³/mol. The molecule has 0 aliphatic carbocycles. The second kappa shape index (κ2) is 6.72. The molecule has 0 saturated heterocycles. The molecule has 0 atom stereocenters. The molecule has 104 valence electrons. The summed E-state index contributed by atoms with van der Waals surface area (Å²) in [5.41, 5.74) is -0.0441. The van der Waals surface area contributed by atoms with Gasteiger partial charge in [0.2, 0.25) is 5.91 Å². The van der Waals surface area contributed by atoms with Gasteiger partial charge < -0.3 is 14.9 Å². The number of rotatable bonds is 5. The van der Waals surface area contributed by atoms with Crippen LogP contribution in [0.15, 0.2) is 18.3 Å². The molecule has 19 heavy (non-hydrogen) atoms. The van der Waals surface area contributed by atoms with Gasteiger partial charge in [0.05, 0.1) is 6.54 Å². The van der Waals surface area contributed by atoms with E-state index in [1.807, 2.05) is 13.8 Å². The maximum Gasteiger partial charge on any atom is 0.276 e. The summed E-state index contributed by atoms with van der Waals surface area (Å²) in [6.45, 7) is 4.94. The Kier molecular flexibility index (Phi) is 5.29. The Morgan fingerprint density at radius 2 is 1.95 bits per heavy atom. The van der Waals surface area contributed by atoms with E-state index >= 15 is 0 Å². The summed E-state index contributed by atoms with van der Waals surface area (Å²) < 4.78 is 0. The number of nitrogens with zero attached hydrogens (tertiary/aromatic N) is 3. The fourth-order valence-electron chi connectivity index (χ4n) is 1.69. The summed E-state index contributed by atoms with van der Waals surface area (Å²) in [4.78, 5) is 30.6. The molecule has 0 radical (unpaired) electrons. The van der Waals surface area contributed by atoms with E-state index in [9.17, 15) is 14.7 Å². The fraction of sp³-hybridized carbons (Fsp3) is 0.462. The summed E-state index contributed by atoms with van der Waals surface area (Å²) in [6, 6.07) is 2.92. The third kappa shape index (κ3) is 3.67. The van der Waals surface area contributed by atoms with Gasteiger partial charge in [0.15, 0.2) is 5.69 Å². The van der Waals surface area contributed by atoms with Crippen molar-refractivity contribution < 1.29 is 14.7 Å². The van der Waals surface area contributed by atoms with Crippen LogP contribution in [0, 0.1) is 0 Å².